The van der Waals surface area contributed by atoms with Gasteiger partial charge in [0.15, 0.2) is 0 Å². The molecule has 9 heteroatoms. The van der Waals surface area contributed by atoms with E-state index in [2.05, 4.69) is 66.9 Å². The lowest BCUT2D eigenvalue weighted by atomic mass is 9.89. The molecule has 3 rings (SSSR count). The number of aromatic amines is 1. The van der Waals surface area contributed by atoms with Gasteiger partial charge in [0, 0.05) is 34.5 Å². The third kappa shape index (κ3) is 7.94. The molecular weight excluding hydrogens is 544 g/mol. The molecule has 1 aromatic heterocycles. The largest absolute Gasteiger partial charge is 0.495 e. The van der Waals surface area contributed by atoms with Crippen molar-refractivity contribution < 1.29 is 24.5 Å². The fraction of sp³-hybridized carbons (Fsp3) is 0.478. The Kier molecular flexibility index (Phi) is 10.7. The normalized spacial score (nSPS) is 14.0. The first kappa shape index (κ1) is 26.4. The Balaban J connectivity index is 0.000000534. The van der Waals surface area contributed by atoms with E-state index < -0.39 is 11.9 Å². The quantitative estimate of drug-likeness (QED) is 0.363. The number of aromatic nitrogens is 1. The lowest BCUT2D eigenvalue weighted by Gasteiger charge is -2.28. The number of nitrogens with zero attached hydrogens (tertiary/aromatic N) is 1. The average Bonchev–Trinajstić information content (AvgIpc) is 3.22. The molecule has 32 heavy (non-hydrogen) atoms. The zero-order chi connectivity index (χ0) is 23.7. The van der Waals surface area contributed by atoms with E-state index in [-0.39, 0.29) is 0 Å². The van der Waals surface area contributed by atoms with Crippen LogP contribution in [0.2, 0.25) is 0 Å². The summed E-state index contributed by atoms with van der Waals surface area (Å²) in [7, 11) is 1.71. The van der Waals surface area contributed by atoms with Crippen molar-refractivity contribution in [2.24, 2.45) is 5.92 Å². The van der Waals surface area contributed by atoms with Crippen LogP contribution in [0.4, 0.5) is 0 Å². The zero-order valence-electron chi connectivity index (χ0n) is 18.4. The number of aliphatic carboxylic acids is 2. The summed E-state index contributed by atoms with van der Waals surface area (Å²) in [5.41, 5.74) is 3.42. The summed E-state index contributed by atoms with van der Waals surface area (Å²) in [6, 6.07) is 8.46. The summed E-state index contributed by atoms with van der Waals surface area (Å²) in [4.78, 5) is 24.4. The smallest absolute Gasteiger partial charge is 0.414 e. The van der Waals surface area contributed by atoms with Gasteiger partial charge in [-0.2, -0.15) is 0 Å². The molecule has 1 aromatic carbocycles. The minimum Gasteiger partial charge on any atom is -0.495 e. The number of carbonyl (C=O) groups is 2. The number of hydrogen-bond acceptors (Lipinski definition) is 4. The summed E-state index contributed by atoms with van der Waals surface area (Å²) in [5, 5.41) is 14.8. The van der Waals surface area contributed by atoms with E-state index in [0.29, 0.717) is 0 Å². The predicted octanol–water partition coefficient (Wildman–Crippen LogP) is 5.77. The van der Waals surface area contributed by atoms with Crippen molar-refractivity contribution in [1.29, 1.82) is 0 Å². The van der Waals surface area contributed by atoms with Crippen molar-refractivity contribution in [3.8, 4) is 17.0 Å². The van der Waals surface area contributed by atoms with Crippen LogP contribution in [0.5, 0.6) is 5.75 Å². The van der Waals surface area contributed by atoms with Gasteiger partial charge in [-0.25, -0.2) is 9.59 Å². The van der Waals surface area contributed by atoms with Crippen LogP contribution in [0.25, 0.3) is 11.3 Å². The number of nitrogens with one attached hydrogen (secondary N) is 1. The molecule has 0 spiro atoms. The van der Waals surface area contributed by atoms with Gasteiger partial charge in [0.25, 0.3) is 0 Å². The van der Waals surface area contributed by atoms with Crippen molar-refractivity contribution in [2.45, 2.75) is 45.6 Å². The van der Waals surface area contributed by atoms with Crippen LogP contribution in [-0.4, -0.2) is 52.2 Å². The second-order valence-corrected chi connectivity index (χ2v) is 9.58. The van der Waals surface area contributed by atoms with E-state index in [1.54, 1.807) is 7.11 Å². The molecule has 1 aliphatic carbocycles. The van der Waals surface area contributed by atoms with Crippen molar-refractivity contribution >= 4 is 43.8 Å². The Bertz CT molecular complexity index is 898. The van der Waals surface area contributed by atoms with Crippen molar-refractivity contribution in [1.82, 2.24) is 9.88 Å². The fourth-order valence-corrected chi connectivity index (χ4v) is 5.33. The summed E-state index contributed by atoms with van der Waals surface area (Å²) in [5.74, 6) is -1.92. The van der Waals surface area contributed by atoms with Gasteiger partial charge in [-0.15, -0.1) is 0 Å². The first-order valence-electron chi connectivity index (χ1n) is 10.6. The van der Waals surface area contributed by atoms with Crippen LogP contribution in [0, 0.1) is 5.92 Å². The summed E-state index contributed by atoms with van der Waals surface area (Å²) in [6.07, 6.45) is 7.04. The fourth-order valence-electron chi connectivity index (χ4n) is 3.94. The molecule has 0 aliphatic heterocycles. The summed E-state index contributed by atoms with van der Waals surface area (Å²) in [6.45, 7) is 5.55. The SMILES string of the molecule is CCN(Cc1ccc(-c2cc(Br)cc(Br)c2OC)[nH]1)CC1CCCCC1.O=C(O)C(=O)O. The topological polar surface area (TPSA) is 103 Å². The maximum absolute atomic E-state index is 9.10. The second kappa shape index (κ2) is 13.0. The molecule has 1 aliphatic rings. The number of H-pyrrole nitrogens is 1. The Morgan fingerprint density at radius 1 is 1.12 bits per heavy atom. The molecule has 0 amide bonds. The second-order valence-electron chi connectivity index (χ2n) is 7.81. The third-order valence-electron chi connectivity index (χ3n) is 5.51. The van der Waals surface area contributed by atoms with Crippen LogP contribution >= 0.6 is 31.9 Å². The summed E-state index contributed by atoms with van der Waals surface area (Å²) < 4.78 is 7.58. The van der Waals surface area contributed by atoms with Gasteiger partial charge in [-0.05, 0) is 65.5 Å². The Morgan fingerprint density at radius 2 is 1.78 bits per heavy atom. The number of benzene rings is 1. The lowest BCUT2D eigenvalue weighted by Crippen LogP contribution is -2.30. The first-order chi connectivity index (χ1) is 15.2. The molecule has 176 valence electrons. The van der Waals surface area contributed by atoms with E-state index in [4.69, 9.17) is 24.5 Å². The van der Waals surface area contributed by atoms with Gasteiger partial charge in [-0.1, -0.05) is 42.1 Å². The molecule has 1 saturated carbocycles. The molecule has 3 N–H and O–H groups in total. The minimum atomic E-state index is -1.82. The molecule has 0 atom stereocenters. The van der Waals surface area contributed by atoms with Crippen molar-refractivity contribution in [2.75, 3.05) is 20.2 Å². The molecule has 0 saturated heterocycles. The molecule has 0 unspecified atom stereocenters. The Labute approximate surface area is 205 Å². The molecular formula is C23H30Br2N2O5. The van der Waals surface area contributed by atoms with E-state index >= 15 is 0 Å². The standard InChI is InChI=1S/C21H28Br2N2O.C2H2O4/c1-3-25(13-15-7-5-4-6-8-15)14-17-9-10-20(24-17)18-11-16(22)12-19(23)21(18)26-2;3-1(4)2(5)6/h9-12,15,24H,3-8,13-14H2,1-2H3;(H,3,4)(H,5,6). The number of halogens is 2. The Hall–Kier alpha value is -1.84. The van der Waals surface area contributed by atoms with Crippen molar-refractivity contribution in [3.63, 3.8) is 0 Å². The highest BCUT2D eigenvalue weighted by Gasteiger charge is 2.18. The van der Waals surface area contributed by atoms with Crippen LogP contribution in [0.15, 0.2) is 33.2 Å². The van der Waals surface area contributed by atoms with E-state index in [1.165, 1.54) is 44.3 Å². The predicted molar refractivity (Wildman–Crippen MR) is 131 cm³/mol. The number of hydrogen-bond donors (Lipinski definition) is 3. The summed E-state index contributed by atoms with van der Waals surface area (Å²) >= 11 is 7.17. The molecule has 1 fully saturated rings. The number of carboxylic acid groups (broad SMARTS) is 2. The maximum atomic E-state index is 9.10. The lowest BCUT2D eigenvalue weighted by molar-refractivity contribution is -0.159. The van der Waals surface area contributed by atoms with E-state index in [0.717, 1.165) is 45.0 Å². The highest BCUT2D eigenvalue weighted by Crippen LogP contribution is 2.38. The highest BCUT2D eigenvalue weighted by molar-refractivity contribution is 9.11. The number of ether oxygens (including phenoxy) is 1. The monoisotopic (exact) mass is 572 g/mol. The third-order valence-corrected chi connectivity index (χ3v) is 6.56. The zero-order valence-corrected chi connectivity index (χ0v) is 21.5. The van der Waals surface area contributed by atoms with E-state index in [9.17, 15) is 0 Å². The number of rotatable bonds is 7. The van der Waals surface area contributed by atoms with Gasteiger partial charge in [0.1, 0.15) is 5.75 Å². The molecule has 7 nitrogen and oxygen atoms in total. The van der Waals surface area contributed by atoms with Gasteiger partial charge in [-0.3, -0.25) is 4.90 Å². The van der Waals surface area contributed by atoms with Gasteiger partial charge in [0.05, 0.1) is 11.6 Å². The van der Waals surface area contributed by atoms with Gasteiger partial charge >= 0.3 is 11.9 Å². The average molecular weight is 574 g/mol. The van der Waals surface area contributed by atoms with Crippen molar-refractivity contribution in [3.05, 3.63) is 38.9 Å². The molecule has 1 heterocycles. The Morgan fingerprint density at radius 3 is 2.34 bits per heavy atom. The molecule has 2 aromatic rings. The molecule has 0 radical (unpaired) electrons. The van der Waals surface area contributed by atoms with Crippen LogP contribution < -0.4 is 4.74 Å². The maximum Gasteiger partial charge on any atom is 0.414 e. The number of methoxy groups -OCH3 is 1. The highest BCUT2D eigenvalue weighted by atomic mass is 79.9. The van der Waals surface area contributed by atoms with Gasteiger partial charge in [0.2, 0.25) is 0 Å². The molecule has 0 bridgehead atoms. The van der Waals surface area contributed by atoms with Gasteiger partial charge < -0.3 is 19.9 Å². The van der Waals surface area contributed by atoms with Crippen LogP contribution in [0.3, 0.4) is 0 Å². The number of carboxylic acids is 2. The van der Waals surface area contributed by atoms with E-state index in [1.807, 2.05) is 6.07 Å². The van der Waals surface area contributed by atoms with Crippen LogP contribution in [0.1, 0.15) is 44.7 Å². The van der Waals surface area contributed by atoms with Crippen LogP contribution in [-0.2, 0) is 16.1 Å². The first-order valence-corrected chi connectivity index (χ1v) is 12.2. The minimum absolute atomic E-state index is 0.858.